The van der Waals surface area contributed by atoms with Crippen molar-refractivity contribution in [1.29, 1.82) is 0 Å². The molecule has 2 aromatic rings. The van der Waals surface area contributed by atoms with Crippen molar-refractivity contribution < 1.29 is 9.90 Å². The van der Waals surface area contributed by atoms with Crippen LogP contribution < -0.4 is 5.32 Å². The number of benzene rings is 1. The number of aromatic carboxylic acids is 1. The lowest BCUT2D eigenvalue weighted by Gasteiger charge is -2.13. The molecule has 5 heteroatoms. The SMILES string of the molecule is Cn1c(CCc2ccc(C(=O)O)cc2)nc2c1CCNC2. The van der Waals surface area contributed by atoms with Gasteiger partial charge in [0.05, 0.1) is 11.3 Å². The first kappa shape index (κ1) is 13.8. The van der Waals surface area contributed by atoms with E-state index in [1.807, 2.05) is 12.1 Å². The van der Waals surface area contributed by atoms with Gasteiger partial charge in [0.1, 0.15) is 5.82 Å². The number of aromatic nitrogens is 2. The average Bonchev–Trinajstić information content (AvgIpc) is 2.82. The van der Waals surface area contributed by atoms with Crippen molar-refractivity contribution in [1.82, 2.24) is 14.9 Å². The van der Waals surface area contributed by atoms with Crippen LogP contribution in [-0.2, 0) is 32.9 Å². The van der Waals surface area contributed by atoms with Gasteiger partial charge in [0.25, 0.3) is 0 Å². The van der Waals surface area contributed by atoms with E-state index in [4.69, 9.17) is 10.1 Å². The summed E-state index contributed by atoms with van der Waals surface area (Å²) >= 11 is 0. The zero-order valence-electron chi connectivity index (χ0n) is 12.1. The van der Waals surface area contributed by atoms with E-state index in [2.05, 4.69) is 16.9 Å². The molecule has 2 heterocycles. The Balaban J connectivity index is 1.70. The number of hydrogen-bond donors (Lipinski definition) is 2. The van der Waals surface area contributed by atoms with Crippen LogP contribution in [0.1, 0.15) is 33.1 Å². The number of carbonyl (C=O) groups is 1. The molecule has 110 valence electrons. The highest BCUT2D eigenvalue weighted by Crippen LogP contribution is 2.16. The van der Waals surface area contributed by atoms with Crippen molar-refractivity contribution >= 4 is 5.97 Å². The minimum absolute atomic E-state index is 0.331. The van der Waals surface area contributed by atoms with Gasteiger partial charge in [-0.05, 0) is 24.1 Å². The predicted octanol–water partition coefficient (Wildman–Crippen LogP) is 1.55. The van der Waals surface area contributed by atoms with E-state index in [1.54, 1.807) is 12.1 Å². The Morgan fingerprint density at radius 2 is 2.10 bits per heavy atom. The summed E-state index contributed by atoms with van der Waals surface area (Å²) in [6.07, 6.45) is 2.78. The number of imidazole rings is 1. The number of carboxylic acids is 1. The summed E-state index contributed by atoms with van der Waals surface area (Å²) in [5.74, 6) is 0.219. The summed E-state index contributed by atoms with van der Waals surface area (Å²) in [6.45, 7) is 1.87. The molecule has 3 rings (SSSR count). The highest BCUT2D eigenvalue weighted by Gasteiger charge is 2.17. The number of aryl methyl sites for hydroxylation is 2. The summed E-state index contributed by atoms with van der Waals surface area (Å²) in [5, 5.41) is 12.2. The van der Waals surface area contributed by atoms with Gasteiger partial charge in [0.15, 0.2) is 0 Å². The van der Waals surface area contributed by atoms with Gasteiger partial charge in [-0.25, -0.2) is 9.78 Å². The number of fused-ring (bicyclic) bond motifs is 1. The second-order valence-corrected chi connectivity index (χ2v) is 5.41. The van der Waals surface area contributed by atoms with Crippen molar-refractivity contribution in [2.24, 2.45) is 7.05 Å². The quantitative estimate of drug-likeness (QED) is 0.894. The molecule has 1 aliphatic heterocycles. The Kier molecular flexibility index (Phi) is 3.75. The Morgan fingerprint density at radius 1 is 1.33 bits per heavy atom. The van der Waals surface area contributed by atoms with E-state index >= 15 is 0 Å². The van der Waals surface area contributed by atoms with E-state index in [9.17, 15) is 4.79 Å². The number of rotatable bonds is 4. The standard InChI is InChI=1S/C16H19N3O2/c1-19-14-8-9-17-10-13(14)18-15(19)7-4-11-2-5-12(6-3-11)16(20)21/h2-3,5-6,17H,4,7-10H2,1H3,(H,20,21). The van der Waals surface area contributed by atoms with Crippen LogP contribution in [0, 0.1) is 0 Å². The molecule has 0 aliphatic carbocycles. The van der Waals surface area contributed by atoms with Gasteiger partial charge >= 0.3 is 5.97 Å². The van der Waals surface area contributed by atoms with E-state index < -0.39 is 5.97 Å². The number of nitrogens with zero attached hydrogens (tertiary/aromatic N) is 2. The molecule has 0 fully saturated rings. The highest BCUT2D eigenvalue weighted by atomic mass is 16.4. The third kappa shape index (κ3) is 2.83. The molecule has 0 saturated carbocycles. The van der Waals surface area contributed by atoms with Crippen LogP contribution in [0.25, 0.3) is 0 Å². The van der Waals surface area contributed by atoms with Gasteiger partial charge < -0.3 is 15.0 Å². The lowest BCUT2D eigenvalue weighted by atomic mass is 10.1. The average molecular weight is 285 g/mol. The summed E-state index contributed by atoms with van der Waals surface area (Å²) in [5.41, 5.74) is 3.97. The zero-order valence-corrected chi connectivity index (χ0v) is 12.1. The second-order valence-electron chi connectivity index (χ2n) is 5.41. The molecular weight excluding hydrogens is 266 g/mol. The molecule has 0 saturated heterocycles. The van der Waals surface area contributed by atoms with Crippen LogP contribution in [0.4, 0.5) is 0 Å². The van der Waals surface area contributed by atoms with Gasteiger partial charge in [-0.2, -0.15) is 0 Å². The van der Waals surface area contributed by atoms with Crippen LogP contribution in [0.3, 0.4) is 0 Å². The van der Waals surface area contributed by atoms with E-state index in [1.165, 1.54) is 11.4 Å². The zero-order chi connectivity index (χ0) is 14.8. The smallest absolute Gasteiger partial charge is 0.335 e. The maximum Gasteiger partial charge on any atom is 0.335 e. The van der Waals surface area contributed by atoms with Gasteiger partial charge in [-0.1, -0.05) is 12.1 Å². The van der Waals surface area contributed by atoms with Crippen molar-refractivity contribution in [3.05, 3.63) is 52.6 Å². The molecule has 5 nitrogen and oxygen atoms in total. The minimum Gasteiger partial charge on any atom is -0.478 e. The molecule has 2 N–H and O–H groups in total. The maximum absolute atomic E-state index is 10.8. The Hall–Kier alpha value is -2.14. The first-order valence-corrected chi connectivity index (χ1v) is 7.21. The highest BCUT2D eigenvalue weighted by molar-refractivity contribution is 5.87. The number of nitrogens with one attached hydrogen (secondary N) is 1. The fourth-order valence-electron chi connectivity index (χ4n) is 2.81. The Morgan fingerprint density at radius 3 is 2.76 bits per heavy atom. The molecule has 0 radical (unpaired) electrons. The van der Waals surface area contributed by atoms with Gasteiger partial charge in [0.2, 0.25) is 0 Å². The molecule has 1 aromatic heterocycles. The van der Waals surface area contributed by atoms with Crippen molar-refractivity contribution in [3.8, 4) is 0 Å². The molecular formula is C16H19N3O2. The third-order valence-corrected chi connectivity index (χ3v) is 4.06. The molecule has 0 amide bonds. The molecule has 0 unspecified atom stereocenters. The van der Waals surface area contributed by atoms with Crippen molar-refractivity contribution in [3.63, 3.8) is 0 Å². The molecule has 0 atom stereocenters. The number of hydrogen-bond acceptors (Lipinski definition) is 3. The molecule has 1 aliphatic rings. The van der Waals surface area contributed by atoms with Gasteiger partial charge in [-0.3, -0.25) is 0 Å². The first-order valence-electron chi connectivity index (χ1n) is 7.21. The van der Waals surface area contributed by atoms with Gasteiger partial charge in [0, 0.05) is 38.7 Å². The topological polar surface area (TPSA) is 67.2 Å². The second kappa shape index (κ2) is 5.69. The predicted molar refractivity (Wildman–Crippen MR) is 79.4 cm³/mol. The minimum atomic E-state index is -0.883. The summed E-state index contributed by atoms with van der Waals surface area (Å²) in [7, 11) is 2.08. The Bertz CT molecular complexity index is 659. The largest absolute Gasteiger partial charge is 0.478 e. The van der Waals surface area contributed by atoms with E-state index in [0.29, 0.717) is 5.56 Å². The van der Waals surface area contributed by atoms with E-state index in [-0.39, 0.29) is 0 Å². The van der Waals surface area contributed by atoms with Crippen LogP contribution >= 0.6 is 0 Å². The van der Waals surface area contributed by atoms with Crippen LogP contribution in [0.2, 0.25) is 0 Å². The maximum atomic E-state index is 10.8. The van der Waals surface area contributed by atoms with Crippen molar-refractivity contribution in [2.45, 2.75) is 25.8 Å². The fourth-order valence-corrected chi connectivity index (χ4v) is 2.81. The van der Waals surface area contributed by atoms with Crippen molar-refractivity contribution in [2.75, 3.05) is 6.54 Å². The molecule has 0 bridgehead atoms. The molecule has 21 heavy (non-hydrogen) atoms. The normalized spacial score (nSPS) is 14.0. The third-order valence-electron chi connectivity index (χ3n) is 4.06. The van der Waals surface area contributed by atoms with Crippen LogP contribution in [0.15, 0.2) is 24.3 Å². The summed E-state index contributed by atoms with van der Waals surface area (Å²) in [4.78, 5) is 15.5. The monoisotopic (exact) mass is 285 g/mol. The number of carboxylic acid groups (broad SMARTS) is 1. The summed E-state index contributed by atoms with van der Waals surface area (Å²) in [6, 6.07) is 7.08. The van der Waals surface area contributed by atoms with E-state index in [0.717, 1.165) is 43.7 Å². The lowest BCUT2D eigenvalue weighted by Crippen LogP contribution is -2.24. The van der Waals surface area contributed by atoms with Crippen LogP contribution in [-0.4, -0.2) is 27.2 Å². The molecule has 0 spiro atoms. The summed E-state index contributed by atoms with van der Waals surface area (Å²) < 4.78 is 2.21. The first-order chi connectivity index (χ1) is 10.1. The lowest BCUT2D eigenvalue weighted by molar-refractivity contribution is 0.0697. The fraction of sp³-hybridized carbons (Fsp3) is 0.375. The van der Waals surface area contributed by atoms with Crippen LogP contribution in [0.5, 0.6) is 0 Å². The molecule has 1 aromatic carbocycles. The van der Waals surface area contributed by atoms with Gasteiger partial charge in [-0.15, -0.1) is 0 Å². The Labute approximate surface area is 123 Å².